The monoisotopic (exact) mass is 120 g/mol. The van der Waals surface area contributed by atoms with Gasteiger partial charge in [0.05, 0.1) is 0 Å². The van der Waals surface area contributed by atoms with Crippen molar-refractivity contribution in [3.63, 3.8) is 0 Å². The predicted octanol–water partition coefficient (Wildman–Crippen LogP) is -0.757. The highest BCUT2D eigenvalue weighted by atomic mass is 16.5. The Bertz CT molecular complexity index is 101. The van der Waals surface area contributed by atoms with Gasteiger partial charge >= 0.3 is 5.91 Å². The molecule has 5 heteroatoms. The van der Waals surface area contributed by atoms with Crippen LogP contribution in [0, 0.1) is 0 Å². The number of ketones is 1. The van der Waals surface area contributed by atoms with E-state index in [-0.39, 0.29) is 6.15 Å². The van der Waals surface area contributed by atoms with Crippen molar-refractivity contribution in [1.82, 2.24) is 11.6 Å². The molecule has 0 aromatic rings. The van der Waals surface area contributed by atoms with Gasteiger partial charge in [0.15, 0.2) is 0 Å². The average Bonchev–Trinajstić information content (AvgIpc) is 1.65. The highest BCUT2D eigenvalue weighted by Gasteiger charge is 2.01. The Morgan fingerprint density at radius 2 is 1.88 bits per heavy atom. The fourth-order valence-electron chi connectivity index (χ4n) is 0.0787. The predicted molar refractivity (Wildman–Crippen MR) is 25.6 cm³/mol. The molecule has 0 aromatic heterocycles. The van der Waals surface area contributed by atoms with Crippen molar-refractivity contribution < 1.29 is 14.8 Å². The Morgan fingerprint density at radius 3 is 1.88 bits per heavy atom. The fourth-order valence-corrected chi connectivity index (χ4v) is 0.0787. The first-order valence-corrected chi connectivity index (χ1v) is 1.63. The van der Waals surface area contributed by atoms with Gasteiger partial charge in [-0.15, -0.1) is 0 Å². The molecule has 0 spiro atoms. The summed E-state index contributed by atoms with van der Waals surface area (Å²) in [6, 6.07) is 0. The average molecular weight is 120 g/mol. The Hall–Kier alpha value is -0.940. The molecule has 0 bridgehead atoms. The SMILES string of the molecule is CC(=O)C(=O)NO.N. The van der Waals surface area contributed by atoms with Gasteiger partial charge in [-0.05, 0) is 0 Å². The van der Waals surface area contributed by atoms with Gasteiger partial charge in [0.25, 0.3) is 0 Å². The molecule has 0 aliphatic heterocycles. The molecule has 0 aromatic carbocycles. The maximum atomic E-state index is 9.80. The van der Waals surface area contributed by atoms with Crippen LogP contribution in [0.5, 0.6) is 0 Å². The first-order valence-electron chi connectivity index (χ1n) is 1.63. The topological polar surface area (TPSA) is 101 Å². The molecule has 0 rings (SSSR count). The number of Topliss-reactive ketones (excluding diaryl/α,β-unsaturated/α-hetero) is 1. The number of hydrogen-bond donors (Lipinski definition) is 3. The summed E-state index contributed by atoms with van der Waals surface area (Å²) in [4.78, 5) is 19.6. The van der Waals surface area contributed by atoms with Crippen LogP contribution in [-0.4, -0.2) is 16.9 Å². The molecule has 0 aliphatic rings. The zero-order valence-corrected chi connectivity index (χ0v) is 4.47. The van der Waals surface area contributed by atoms with E-state index in [9.17, 15) is 9.59 Å². The van der Waals surface area contributed by atoms with E-state index in [0.29, 0.717) is 0 Å². The number of rotatable bonds is 1. The lowest BCUT2D eigenvalue weighted by Crippen LogP contribution is -2.25. The summed E-state index contributed by atoms with van der Waals surface area (Å²) in [5, 5.41) is 7.68. The molecule has 5 N–H and O–H groups in total. The summed E-state index contributed by atoms with van der Waals surface area (Å²) >= 11 is 0. The van der Waals surface area contributed by atoms with Crippen molar-refractivity contribution in [2.45, 2.75) is 6.92 Å². The number of carbonyl (C=O) groups is 2. The van der Waals surface area contributed by atoms with Crippen molar-refractivity contribution in [2.75, 3.05) is 0 Å². The highest BCUT2D eigenvalue weighted by Crippen LogP contribution is 1.62. The Balaban J connectivity index is 0. The number of hydroxylamine groups is 1. The first kappa shape index (κ1) is 10.1. The lowest BCUT2D eigenvalue weighted by atomic mass is 10.4. The number of hydrogen-bond acceptors (Lipinski definition) is 4. The van der Waals surface area contributed by atoms with Gasteiger partial charge in [-0.2, -0.15) is 0 Å². The quantitative estimate of drug-likeness (QED) is 0.240. The molecule has 0 heterocycles. The zero-order valence-electron chi connectivity index (χ0n) is 4.47. The molecule has 8 heavy (non-hydrogen) atoms. The first-order chi connectivity index (χ1) is 3.18. The van der Waals surface area contributed by atoms with E-state index in [1.54, 1.807) is 0 Å². The lowest BCUT2D eigenvalue weighted by molar-refractivity contribution is -0.141. The number of nitrogens with one attached hydrogen (secondary N) is 1. The standard InChI is InChI=1S/C3H5NO3.H3N/c1-2(5)3(6)4-7;/h7H,1H3,(H,4,6);1H3. The molecule has 0 saturated carbocycles. The van der Waals surface area contributed by atoms with Crippen LogP contribution in [0.15, 0.2) is 0 Å². The summed E-state index contributed by atoms with van der Waals surface area (Å²) in [6.45, 7) is 1.06. The molecule has 0 aliphatic carbocycles. The van der Waals surface area contributed by atoms with Crippen LogP contribution in [0.1, 0.15) is 6.92 Å². The van der Waals surface area contributed by atoms with Gasteiger partial charge in [0, 0.05) is 6.92 Å². The minimum absolute atomic E-state index is 0. The van der Waals surface area contributed by atoms with E-state index in [0.717, 1.165) is 6.92 Å². The molecule has 0 atom stereocenters. The van der Waals surface area contributed by atoms with Gasteiger partial charge in [0.1, 0.15) is 0 Å². The summed E-state index contributed by atoms with van der Waals surface area (Å²) in [7, 11) is 0. The number of amides is 1. The third-order valence-corrected chi connectivity index (χ3v) is 0.421. The molecule has 0 fully saturated rings. The summed E-state index contributed by atoms with van der Waals surface area (Å²) in [5.74, 6) is -1.69. The van der Waals surface area contributed by atoms with E-state index in [1.165, 1.54) is 5.48 Å². The van der Waals surface area contributed by atoms with Crippen LogP contribution >= 0.6 is 0 Å². The molecular formula is C3H8N2O3. The van der Waals surface area contributed by atoms with Gasteiger partial charge in [0.2, 0.25) is 5.78 Å². The number of carbonyl (C=O) groups excluding carboxylic acids is 2. The second kappa shape index (κ2) is 4.23. The Morgan fingerprint density at radius 1 is 1.50 bits per heavy atom. The van der Waals surface area contributed by atoms with Crippen molar-refractivity contribution >= 4 is 11.7 Å². The maximum absolute atomic E-state index is 9.80. The van der Waals surface area contributed by atoms with E-state index < -0.39 is 11.7 Å². The van der Waals surface area contributed by atoms with Crippen LogP contribution < -0.4 is 11.6 Å². The second-order valence-electron chi connectivity index (χ2n) is 0.997. The van der Waals surface area contributed by atoms with Crippen LogP contribution in [0.3, 0.4) is 0 Å². The minimum Gasteiger partial charge on any atom is -0.344 e. The van der Waals surface area contributed by atoms with Gasteiger partial charge < -0.3 is 6.15 Å². The molecule has 5 nitrogen and oxygen atoms in total. The van der Waals surface area contributed by atoms with E-state index >= 15 is 0 Å². The van der Waals surface area contributed by atoms with Crippen molar-refractivity contribution in [3.8, 4) is 0 Å². The molecule has 0 radical (unpaired) electrons. The lowest BCUT2D eigenvalue weighted by Gasteiger charge is -1.85. The van der Waals surface area contributed by atoms with Gasteiger partial charge in [-0.25, -0.2) is 5.48 Å². The minimum atomic E-state index is -0.986. The largest absolute Gasteiger partial charge is 0.344 e. The van der Waals surface area contributed by atoms with Crippen molar-refractivity contribution in [2.24, 2.45) is 0 Å². The van der Waals surface area contributed by atoms with E-state index in [4.69, 9.17) is 5.21 Å². The van der Waals surface area contributed by atoms with Gasteiger partial charge in [-0.1, -0.05) is 0 Å². The van der Waals surface area contributed by atoms with Crippen LogP contribution in [0.4, 0.5) is 0 Å². The fraction of sp³-hybridized carbons (Fsp3) is 0.333. The van der Waals surface area contributed by atoms with E-state index in [2.05, 4.69) is 0 Å². The van der Waals surface area contributed by atoms with Crippen LogP contribution in [0.25, 0.3) is 0 Å². The van der Waals surface area contributed by atoms with Crippen molar-refractivity contribution in [1.29, 1.82) is 0 Å². The smallest absolute Gasteiger partial charge is 0.310 e. The zero-order chi connectivity index (χ0) is 5.86. The third-order valence-electron chi connectivity index (χ3n) is 0.421. The van der Waals surface area contributed by atoms with Gasteiger partial charge in [-0.3, -0.25) is 14.8 Å². The normalized spacial score (nSPS) is 6.75. The van der Waals surface area contributed by atoms with E-state index in [1.807, 2.05) is 0 Å². The molecular weight excluding hydrogens is 112 g/mol. The summed E-state index contributed by atoms with van der Waals surface area (Å²) in [5.41, 5.74) is 1.18. The molecule has 1 amide bonds. The van der Waals surface area contributed by atoms with Crippen LogP contribution in [0.2, 0.25) is 0 Å². The second-order valence-corrected chi connectivity index (χ2v) is 0.997. The van der Waals surface area contributed by atoms with Crippen molar-refractivity contribution in [3.05, 3.63) is 0 Å². The van der Waals surface area contributed by atoms with Crippen LogP contribution in [-0.2, 0) is 9.59 Å². The summed E-state index contributed by atoms with van der Waals surface area (Å²) in [6.07, 6.45) is 0. The molecule has 0 unspecified atom stereocenters. The maximum Gasteiger partial charge on any atom is 0.310 e. The third kappa shape index (κ3) is 3.26. The molecule has 0 saturated heterocycles. The summed E-state index contributed by atoms with van der Waals surface area (Å²) < 4.78 is 0. The highest BCUT2D eigenvalue weighted by molar-refractivity contribution is 6.34. The Labute approximate surface area is 46.2 Å². The Kier molecular flexibility index (Phi) is 5.35. The molecule has 48 valence electrons.